The highest BCUT2D eigenvalue weighted by Crippen LogP contribution is 2.30. The molecular weight excluding hydrogens is 316 g/mol. The number of carbonyl (C=O) groups excluding carboxylic acids is 1. The highest BCUT2D eigenvalue weighted by Gasteiger charge is 2.31. The Bertz CT molecular complexity index is 872. The molecule has 0 fully saturated rings. The molecule has 0 bridgehead atoms. The van der Waals surface area contributed by atoms with Crippen molar-refractivity contribution in [3.05, 3.63) is 71.7 Å². The van der Waals surface area contributed by atoms with Gasteiger partial charge < -0.3 is 20.1 Å². The molecule has 0 spiro atoms. The Hall–Kier alpha value is -2.86. The zero-order valence-corrected chi connectivity index (χ0v) is 13.7. The van der Waals surface area contributed by atoms with Crippen LogP contribution < -0.4 is 10.6 Å². The maximum atomic E-state index is 12.2. The summed E-state index contributed by atoms with van der Waals surface area (Å²) in [5.74, 6) is 0. The van der Waals surface area contributed by atoms with Crippen LogP contribution in [0.1, 0.15) is 22.9 Å². The van der Waals surface area contributed by atoms with E-state index >= 15 is 0 Å². The Morgan fingerprint density at radius 2 is 2.08 bits per heavy atom. The minimum Gasteiger partial charge on any atom is -0.390 e. The fourth-order valence-electron chi connectivity index (χ4n) is 3.35. The van der Waals surface area contributed by atoms with Gasteiger partial charge in [0.1, 0.15) is 5.65 Å². The molecule has 1 aliphatic rings. The molecule has 1 aromatic carbocycles. The highest BCUT2D eigenvalue weighted by molar-refractivity contribution is 5.74. The molecule has 128 valence electrons. The van der Waals surface area contributed by atoms with Crippen LogP contribution in [-0.2, 0) is 12.8 Å². The number of carbonyl (C=O) groups is 1. The van der Waals surface area contributed by atoms with E-state index in [0.717, 1.165) is 22.5 Å². The molecule has 2 amide bonds. The van der Waals surface area contributed by atoms with E-state index < -0.39 is 6.10 Å². The molecule has 0 saturated carbocycles. The fourth-order valence-corrected chi connectivity index (χ4v) is 3.35. The molecule has 1 aliphatic carbocycles. The number of hydrogen-bond donors (Lipinski definition) is 3. The van der Waals surface area contributed by atoms with Gasteiger partial charge in [-0.1, -0.05) is 30.3 Å². The van der Waals surface area contributed by atoms with E-state index in [1.165, 1.54) is 0 Å². The van der Waals surface area contributed by atoms with E-state index in [0.29, 0.717) is 19.4 Å². The molecule has 3 N–H and O–H groups in total. The van der Waals surface area contributed by atoms with Crippen LogP contribution in [0.5, 0.6) is 0 Å². The zero-order valence-electron chi connectivity index (χ0n) is 13.7. The number of fused-ring (bicyclic) bond motifs is 2. The summed E-state index contributed by atoms with van der Waals surface area (Å²) in [4.78, 5) is 16.7. The molecule has 4 rings (SSSR count). The largest absolute Gasteiger partial charge is 0.390 e. The number of benzene rings is 1. The van der Waals surface area contributed by atoms with Crippen LogP contribution in [0.15, 0.2) is 54.9 Å². The molecular formula is C19H20N4O2. The number of pyridine rings is 1. The molecule has 2 aromatic heterocycles. The van der Waals surface area contributed by atoms with Crippen molar-refractivity contribution in [2.75, 3.05) is 6.54 Å². The quantitative estimate of drug-likeness (QED) is 0.680. The smallest absolute Gasteiger partial charge is 0.315 e. The third-order valence-electron chi connectivity index (χ3n) is 4.57. The molecule has 25 heavy (non-hydrogen) atoms. The minimum absolute atomic E-state index is 0.274. The summed E-state index contributed by atoms with van der Waals surface area (Å²) in [6.07, 6.45) is 4.56. The Morgan fingerprint density at radius 3 is 2.96 bits per heavy atom. The first-order valence-electron chi connectivity index (χ1n) is 8.43. The van der Waals surface area contributed by atoms with Crippen LogP contribution >= 0.6 is 0 Å². The number of amides is 2. The third kappa shape index (κ3) is 3.21. The monoisotopic (exact) mass is 336 g/mol. The second kappa shape index (κ2) is 6.57. The lowest BCUT2D eigenvalue weighted by Gasteiger charge is -2.18. The van der Waals surface area contributed by atoms with Crippen molar-refractivity contribution >= 4 is 11.7 Å². The number of nitrogens with one attached hydrogen (secondary N) is 2. The van der Waals surface area contributed by atoms with Crippen molar-refractivity contribution in [1.29, 1.82) is 0 Å². The van der Waals surface area contributed by atoms with Crippen molar-refractivity contribution in [2.24, 2.45) is 0 Å². The summed E-state index contributed by atoms with van der Waals surface area (Å²) in [5, 5.41) is 15.9. The average molecular weight is 336 g/mol. The van der Waals surface area contributed by atoms with Gasteiger partial charge in [0.05, 0.1) is 17.8 Å². The minimum atomic E-state index is -0.582. The summed E-state index contributed by atoms with van der Waals surface area (Å²) in [6, 6.07) is 13.0. The molecule has 0 aliphatic heterocycles. The topological polar surface area (TPSA) is 78.7 Å². The third-order valence-corrected chi connectivity index (χ3v) is 4.57. The fraction of sp³-hybridized carbons (Fsp3) is 0.263. The number of rotatable bonds is 4. The van der Waals surface area contributed by atoms with Crippen molar-refractivity contribution in [2.45, 2.75) is 25.0 Å². The van der Waals surface area contributed by atoms with E-state index in [9.17, 15) is 9.90 Å². The van der Waals surface area contributed by atoms with Gasteiger partial charge in [-0.3, -0.25) is 0 Å². The number of imidazole rings is 1. The maximum Gasteiger partial charge on any atom is 0.315 e. The Labute approximate surface area is 145 Å². The highest BCUT2D eigenvalue weighted by atomic mass is 16.3. The molecule has 0 saturated heterocycles. The van der Waals surface area contributed by atoms with Crippen LogP contribution in [0.2, 0.25) is 0 Å². The maximum absolute atomic E-state index is 12.2. The Kier molecular flexibility index (Phi) is 4.11. The van der Waals surface area contributed by atoms with Gasteiger partial charge >= 0.3 is 6.03 Å². The number of hydrogen-bond acceptors (Lipinski definition) is 3. The average Bonchev–Trinajstić information content (AvgIpc) is 3.16. The predicted molar refractivity (Wildman–Crippen MR) is 94.3 cm³/mol. The van der Waals surface area contributed by atoms with Gasteiger partial charge in [0.15, 0.2) is 0 Å². The Balaban J connectivity index is 1.32. The lowest BCUT2D eigenvalue weighted by molar-refractivity contribution is 0.142. The van der Waals surface area contributed by atoms with Gasteiger partial charge in [-0.05, 0) is 23.3 Å². The second-order valence-electron chi connectivity index (χ2n) is 6.30. The SMILES string of the molecule is O=C(NCCc1cn2ccccc2n1)NC1c2ccccc2CC1O. The first-order valence-corrected chi connectivity index (χ1v) is 8.43. The van der Waals surface area contributed by atoms with E-state index in [1.807, 2.05) is 59.3 Å². The first kappa shape index (κ1) is 15.7. The first-order chi connectivity index (χ1) is 12.2. The van der Waals surface area contributed by atoms with Crippen LogP contribution in [-0.4, -0.2) is 33.2 Å². The molecule has 3 aromatic rings. The van der Waals surface area contributed by atoms with E-state index in [4.69, 9.17) is 0 Å². The summed E-state index contributed by atoms with van der Waals surface area (Å²) in [6.45, 7) is 0.486. The van der Waals surface area contributed by atoms with Gasteiger partial charge in [-0.25, -0.2) is 9.78 Å². The summed E-state index contributed by atoms with van der Waals surface area (Å²) >= 11 is 0. The molecule has 6 heteroatoms. The molecule has 2 unspecified atom stereocenters. The number of urea groups is 1. The van der Waals surface area contributed by atoms with Gasteiger partial charge in [0, 0.05) is 31.8 Å². The van der Waals surface area contributed by atoms with Gasteiger partial charge in [0.25, 0.3) is 0 Å². The number of aliphatic hydroxyl groups excluding tert-OH is 1. The standard InChI is InChI=1S/C19H20N4O2/c24-16-11-13-5-1-2-6-15(13)18(16)22-19(25)20-9-8-14-12-23-10-4-3-7-17(23)21-14/h1-7,10,12,16,18,24H,8-9,11H2,(H2,20,22,25). The summed E-state index contributed by atoms with van der Waals surface area (Å²) in [5.41, 5.74) is 3.90. The molecule has 2 atom stereocenters. The zero-order chi connectivity index (χ0) is 17.2. The lowest BCUT2D eigenvalue weighted by atomic mass is 10.1. The van der Waals surface area contributed by atoms with Gasteiger partial charge in [-0.15, -0.1) is 0 Å². The lowest BCUT2D eigenvalue weighted by Crippen LogP contribution is -2.41. The number of aliphatic hydroxyl groups is 1. The van der Waals surface area contributed by atoms with E-state index in [2.05, 4.69) is 15.6 Å². The van der Waals surface area contributed by atoms with Crippen molar-refractivity contribution in [3.8, 4) is 0 Å². The van der Waals surface area contributed by atoms with E-state index in [-0.39, 0.29) is 12.1 Å². The van der Waals surface area contributed by atoms with Crippen molar-refractivity contribution < 1.29 is 9.90 Å². The van der Waals surface area contributed by atoms with Gasteiger partial charge in [0.2, 0.25) is 0 Å². The van der Waals surface area contributed by atoms with Crippen molar-refractivity contribution in [3.63, 3.8) is 0 Å². The number of aromatic nitrogens is 2. The predicted octanol–water partition coefficient (Wildman–Crippen LogP) is 1.83. The normalized spacial score (nSPS) is 18.9. The van der Waals surface area contributed by atoms with Gasteiger partial charge in [-0.2, -0.15) is 0 Å². The van der Waals surface area contributed by atoms with Crippen LogP contribution in [0, 0.1) is 0 Å². The van der Waals surface area contributed by atoms with Crippen LogP contribution in [0.3, 0.4) is 0 Å². The molecule has 6 nitrogen and oxygen atoms in total. The molecule has 2 heterocycles. The van der Waals surface area contributed by atoms with Crippen molar-refractivity contribution in [1.82, 2.24) is 20.0 Å². The second-order valence-corrected chi connectivity index (χ2v) is 6.30. The van der Waals surface area contributed by atoms with Crippen LogP contribution in [0.4, 0.5) is 4.79 Å². The summed E-state index contributed by atoms with van der Waals surface area (Å²) < 4.78 is 1.96. The summed E-state index contributed by atoms with van der Waals surface area (Å²) in [7, 11) is 0. The molecule has 0 radical (unpaired) electrons. The number of nitrogens with zero attached hydrogens (tertiary/aromatic N) is 2. The van der Waals surface area contributed by atoms with E-state index in [1.54, 1.807) is 0 Å². The van der Waals surface area contributed by atoms with Crippen LogP contribution in [0.25, 0.3) is 5.65 Å². The Morgan fingerprint density at radius 1 is 1.24 bits per heavy atom.